The number of benzene rings is 2. The fraction of sp³-hybridized carbons (Fsp3) is 0.263. The van der Waals surface area contributed by atoms with E-state index in [-0.39, 0.29) is 18.4 Å². The molecule has 1 N–H and O–H groups in total. The molecule has 0 aliphatic heterocycles. The van der Waals surface area contributed by atoms with Gasteiger partial charge < -0.3 is 4.74 Å². The normalized spacial score (nSPS) is 11.2. The summed E-state index contributed by atoms with van der Waals surface area (Å²) in [5, 5.41) is 4.58. The van der Waals surface area contributed by atoms with Crippen molar-refractivity contribution in [3.8, 4) is 5.75 Å². The number of rotatable bonds is 6. The molecule has 0 aliphatic rings. The van der Waals surface area contributed by atoms with Crippen molar-refractivity contribution in [2.45, 2.75) is 26.7 Å². The Hall–Kier alpha value is -1.37. The highest BCUT2D eigenvalue weighted by Gasteiger charge is 2.17. The summed E-state index contributed by atoms with van der Waals surface area (Å²) in [6, 6.07) is 9.16. The molecule has 1 amide bonds. The topological polar surface area (TPSA) is 50.7 Å². The highest BCUT2D eigenvalue weighted by atomic mass is 79.9. The quantitative estimate of drug-likeness (QED) is 0.399. The zero-order valence-electron chi connectivity index (χ0n) is 14.6. The summed E-state index contributed by atoms with van der Waals surface area (Å²) in [5.74, 6) is 0.596. The van der Waals surface area contributed by atoms with Crippen molar-refractivity contribution in [2.24, 2.45) is 5.10 Å². The third-order valence-corrected chi connectivity index (χ3v) is 5.70. The van der Waals surface area contributed by atoms with E-state index in [4.69, 9.17) is 16.3 Å². The largest absolute Gasteiger partial charge is 0.482 e. The lowest BCUT2D eigenvalue weighted by Crippen LogP contribution is -2.25. The standard InChI is InChI=1S/C19H19Br2ClN2O2/c1-11(2)15-8-16(20)12(3)18(21)19(15)26-10-17(25)24-23-9-13-4-6-14(22)7-5-13/h4-9,11H,10H2,1-3H3,(H,24,25)/b23-9-. The molecule has 0 atom stereocenters. The van der Waals surface area contributed by atoms with Crippen LogP contribution in [0.15, 0.2) is 44.4 Å². The minimum atomic E-state index is -0.336. The molecule has 4 nitrogen and oxygen atoms in total. The highest BCUT2D eigenvalue weighted by Crippen LogP contribution is 2.40. The number of nitrogens with zero attached hydrogens (tertiary/aromatic N) is 1. The van der Waals surface area contributed by atoms with Crippen LogP contribution in [0.1, 0.15) is 36.5 Å². The molecule has 0 fully saturated rings. The molecule has 0 aliphatic carbocycles. The fourth-order valence-corrected chi connectivity index (χ4v) is 3.58. The second-order valence-corrected chi connectivity index (χ2v) is 8.09. The van der Waals surface area contributed by atoms with Crippen molar-refractivity contribution >= 4 is 55.6 Å². The molecule has 0 saturated heterocycles. The van der Waals surface area contributed by atoms with E-state index < -0.39 is 0 Å². The van der Waals surface area contributed by atoms with E-state index in [0.717, 1.165) is 25.6 Å². The van der Waals surface area contributed by atoms with Gasteiger partial charge in [0.1, 0.15) is 5.75 Å². The molecular formula is C19H19Br2ClN2O2. The van der Waals surface area contributed by atoms with E-state index >= 15 is 0 Å². The number of carbonyl (C=O) groups excluding carboxylic acids is 1. The molecule has 0 saturated carbocycles. The van der Waals surface area contributed by atoms with E-state index in [1.165, 1.54) is 0 Å². The summed E-state index contributed by atoms with van der Waals surface area (Å²) >= 11 is 12.9. The smallest absolute Gasteiger partial charge is 0.277 e. The van der Waals surface area contributed by atoms with E-state index in [9.17, 15) is 4.79 Å². The molecule has 0 heterocycles. The Kier molecular flexibility index (Phi) is 7.68. The van der Waals surface area contributed by atoms with Gasteiger partial charge in [-0.1, -0.05) is 53.5 Å². The first kappa shape index (κ1) is 20.9. The van der Waals surface area contributed by atoms with Crippen LogP contribution in [0, 0.1) is 6.92 Å². The molecule has 2 rings (SSSR count). The maximum absolute atomic E-state index is 12.0. The summed E-state index contributed by atoms with van der Waals surface area (Å²) in [6.07, 6.45) is 1.55. The van der Waals surface area contributed by atoms with E-state index in [1.807, 2.05) is 25.1 Å². The van der Waals surface area contributed by atoms with Crippen molar-refractivity contribution < 1.29 is 9.53 Å². The van der Waals surface area contributed by atoms with Gasteiger partial charge in [-0.2, -0.15) is 5.10 Å². The summed E-state index contributed by atoms with van der Waals surface area (Å²) < 4.78 is 7.61. The summed E-state index contributed by atoms with van der Waals surface area (Å²) in [7, 11) is 0. The van der Waals surface area contributed by atoms with Gasteiger partial charge in [0.25, 0.3) is 5.91 Å². The third kappa shape index (κ3) is 5.56. The Morgan fingerprint density at radius 3 is 2.58 bits per heavy atom. The first-order valence-corrected chi connectivity index (χ1v) is 9.94. The minimum Gasteiger partial charge on any atom is -0.482 e. The summed E-state index contributed by atoms with van der Waals surface area (Å²) in [6.45, 7) is 6.00. The minimum absolute atomic E-state index is 0.128. The van der Waals surface area contributed by atoms with Gasteiger partial charge in [-0.25, -0.2) is 5.43 Å². The van der Waals surface area contributed by atoms with Crippen molar-refractivity contribution in [3.63, 3.8) is 0 Å². The molecule has 26 heavy (non-hydrogen) atoms. The molecule has 2 aromatic rings. The average Bonchev–Trinajstić information content (AvgIpc) is 2.60. The summed E-state index contributed by atoms with van der Waals surface area (Å²) in [4.78, 5) is 12.0. The van der Waals surface area contributed by atoms with Crippen LogP contribution in [0.2, 0.25) is 5.02 Å². The van der Waals surface area contributed by atoms with Gasteiger partial charge >= 0.3 is 0 Å². The predicted molar refractivity (Wildman–Crippen MR) is 113 cm³/mol. The van der Waals surface area contributed by atoms with E-state index in [0.29, 0.717) is 10.8 Å². The number of nitrogens with one attached hydrogen (secondary N) is 1. The predicted octanol–water partition coefficient (Wildman–Crippen LogP) is 5.83. The SMILES string of the molecule is Cc1c(Br)cc(C(C)C)c(OCC(=O)N/N=C\c2ccc(Cl)cc2)c1Br. The fourth-order valence-electron chi connectivity index (χ4n) is 2.19. The van der Waals surface area contributed by atoms with Crippen LogP contribution >= 0.6 is 43.5 Å². The Balaban J connectivity index is 2.01. The molecule has 138 valence electrons. The lowest BCUT2D eigenvalue weighted by atomic mass is 10.0. The molecule has 2 aromatic carbocycles. The molecule has 0 unspecified atom stereocenters. The number of carbonyl (C=O) groups is 1. The van der Waals surface area contributed by atoms with Gasteiger partial charge in [-0.15, -0.1) is 0 Å². The Bertz CT molecular complexity index is 821. The Morgan fingerprint density at radius 1 is 1.31 bits per heavy atom. The lowest BCUT2D eigenvalue weighted by molar-refractivity contribution is -0.123. The van der Waals surface area contributed by atoms with Gasteiger partial charge in [0.15, 0.2) is 6.61 Å². The van der Waals surface area contributed by atoms with Gasteiger partial charge in [-0.05, 0) is 63.7 Å². The van der Waals surface area contributed by atoms with Crippen LogP contribution in [0.4, 0.5) is 0 Å². The van der Waals surface area contributed by atoms with Crippen molar-refractivity contribution in [1.82, 2.24) is 5.43 Å². The number of amides is 1. The van der Waals surface area contributed by atoms with Crippen LogP contribution in [-0.2, 0) is 4.79 Å². The Morgan fingerprint density at radius 2 is 1.96 bits per heavy atom. The van der Waals surface area contributed by atoms with Crippen molar-refractivity contribution in [1.29, 1.82) is 0 Å². The van der Waals surface area contributed by atoms with Crippen LogP contribution in [0.25, 0.3) is 0 Å². The average molecular weight is 503 g/mol. The number of halogens is 3. The van der Waals surface area contributed by atoms with Crippen LogP contribution in [-0.4, -0.2) is 18.7 Å². The van der Waals surface area contributed by atoms with E-state index in [2.05, 4.69) is 56.2 Å². The third-order valence-electron chi connectivity index (χ3n) is 3.67. The number of ether oxygens (including phenoxy) is 1. The van der Waals surface area contributed by atoms with Gasteiger partial charge in [0, 0.05) is 9.50 Å². The number of hydrogen-bond donors (Lipinski definition) is 1. The first-order chi connectivity index (χ1) is 12.3. The molecule has 0 bridgehead atoms. The molecule has 0 radical (unpaired) electrons. The second kappa shape index (κ2) is 9.53. The number of hydrazone groups is 1. The van der Waals surface area contributed by atoms with Gasteiger partial charge in [0.05, 0.1) is 10.7 Å². The maximum Gasteiger partial charge on any atom is 0.277 e. The molecular weight excluding hydrogens is 483 g/mol. The summed E-state index contributed by atoms with van der Waals surface area (Å²) in [5.41, 5.74) is 5.33. The van der Waals surface area contributed by atoms with Crippen molar-refractivity contribution in [2.75, 3.05) is 6.61 Å². The first-order valence-electron chi connectivity index (χ1n) is 7.98. The molecule has 7 heteroatoms. The monoisotopic (exact) mass is 500 g/mol. The van der Waals surface area contributed by atoms with Gasteiger partial charge in [-0.3, -0.25) is 4.79 Å². The number of hydrogen-bond acceptors (Lipinski definition) is 3. The second-order valence-electron chi connectivity index (χ2n) is 6.00. The van der Waals surface area contributed by atoms with Gasteiger partial charge in [0.2, 0.25) is 0 Å². The zero-order chi connectivity index (χ0) is 19.3. The van der Waals surface area contributed by atoms with Crippen molar-refractivity contribution in [3.05, 3.63) is 61.0 Å². The molecule has 0 aromatic heterocycles. The van der Waals surface area contributed by atoms with E-state index in [1.54, 1.807) is 18.3 Å². The highest BCUT2D eigenvalue weighted by molar-refractivity contribution is 9.11. The van der Waals surface area contributed by atoms with Crippen LogP contribution in [0.5, 0.6) is 5.75 Å². The van der Waals surface area contributed by atoms with Crippen LogP contribution < -0.4 is 10.2 Å². The molecule has 0 spiro atoms. The Labute approximate surface area is 175 Å². The zero-order valence-corrected chi connectivity index (χ0v) is 18.6. The lowest BCUT2D eigenvalue weighted by Gasteiger charge is -2.18. The maximum atomic E-state index is 12.0. The van der Waals surface area contributed by atoms with Crippen LogP contribution in [0.3, 0.4) is 0 Å².